The largest absolute Gasteiger partial charge is 0.399 e. The first-order chi connectivity index (χ1) is 9.83. The monoisotopic (exact) mass is 261 g/mol. The molecule has 100 valence electrons. The average Bonchev–Trinajstić information content (AvgIpc) is 2.48. The average molecular weight is 261 g/mol. The second-order valence-corrected chi connectivity index (χ2v) is 5.24. The Bertz CT molecular complexity index is 710. The predicted molar refractivity (Wildman–Crippen MR) is 86.8 cm³/mol. The van der Waals surface area contributed by atoms with Crippen molar-refractivity contribution < 1.29 is 0 Å². The summed E-state index contributed by atoms with van der Waals surface area (Å²) in [4.78, 5) is 0. The van der Waals surface area contributed by atoms with Gasteiger partial charge in [0.1, 0.15) is 0 Å². The fourth-order valence-electron chi connectivity index (χ4n) is 2.74. The SMILES string of the molecule is Nc1cccc(CCCc2cccc3ccccc23)c1. The maximum absolute atomic E-state index is 5.82. The first kappa shape index (κ1) is 12.7. The highest BCUT2D eigenvalue weighted by molar-refractivity contribution is 5.85. The van der Waals surface area contributed by atoms with Gasteiger partial charge in [0.2, 0.25) is 0 Å². The molecule has 0 aromatic heterocycles. The summed E-state index contributed by atoms with van der Waals surface area (Å²) in [6.07, 6.45) is 3.34. The smallest absolute Gasteiger partial charge is 0.0316 e. The highest BCUT2D eigenvalue weighted by atomic mass is 14.5. The molecule has 0 amide bonds. The summed E-state index contributed by atoms with van der Waals surface area (Å²) >= 11 is 0. The Morgan fingerprint density at radius 1 is 0.750 bits per heavy atom. The van der Waals surface area contributed by atoms with Crippen LogP contribution >= 0.6 is 0 Å². The zero-order valence-corrected chi connectivity index (χ0v) is 11.5. The van der Waals surface area contributed by atoms with Crippen molar-refractivity contribution in [3.63, 3.8) is 0 Å². The van der Waals surface area contributed by atoms with Crippen LogP contribution in [0.15, 0.2) is 66.7 Å². The highest BCUT2D eigenvalue weighted by Gasteiger charge is 2.01. The van der Waals surface area contributed by atoms with Gasteiger partial charge in [0, 0.05) is 5.69 Å². The van der Waals surface area contributed by atoms with Crippen molar-refractivity contribution in [1.82, 2.24) is 0 Å². The Morgan fingerprint density at radius 3 is 2.45 bits per heavy atom. The van der Waals surface area contributed by atoms with Gasteiger partial charge in [-0.1, -0.05) is 54.6 Å². The molecule has 0 saturated carbocycles. The van der Waals surface area contributed by atoms with Crippen LogP contribution in [0.5, 0.6) is 0 Å². The summed E-state index contributed by atoms with van der Waals surface area (Å²) in [5.41, 5.74) is 9.43. The molecule has 0 saturated heterocycles. The van der Waals surface area contributed by atoms with E-state index in [9.17, 15) is 0 Å². The number of nitrogen functional groups attached to an aromatic ring is 1. The second-order valence-electron chi connectivity index (χ2n) is 5.24. The number of benzene rings is 3. The van der Waals surface area contributed by atoms with Crippen molar-refractivity contribution in [2.45, 2.75) is 19.3 Å². The Morgan fingerprint density at radius 2 is 1.55 bits per heavy atom. The third-order valence-corrected chi connectivity index (χ3v) is 3.74. The topological polar surface area (TPSA) is 26.0 Å². The molecule has 0 fully saturated rings. The van der Waals surface area contributed by atoms with E-state index in [-0.39, 0.29) is 0 Å². The molecule has 0 heterocycles. The van der Waals surface area contributed by atoms with Gasteiger partial charge in [-0.05, 0) is 53.3 Å². The van der Waals surface area contributed by atoms with Crippen molar-refractivity contribution in [2.75, 3.05) is 5.73 Å². The van der Waals surface area contributed by atoms with Crippen LogP contribution in [-0.4, -0.2) is 0 Å². The maximum Gasteiger partial charge on any atom is 0.0316 e. The lowest BCUT2D eigenvalue weighted by molar-refractivity contribution is 0.825. The van der Waals surface area contributed by atoms with Crippen molar-refractivity contribution in [3.8, 4) is 0 Å². The number of rotatable bonds is 4. The molecule has 1 nitrogen and oxygen atoms in total. The van der Waals surface area contributed by atoms with E-state index < -0.39 is 0 Å². The first-order valence-corrected chi connectivity index (χ1v) is 7.14. The van der Waals surface area contributed by atoms with Gasteiger partial charge in [-0.25, -0.2) is 0 Å². The van der Waals surface area contributed by atoms with Crippen LogP contribution in [0, 0.1) is 0 Å². The molecule has 0 bridgehead atoms. The molecule has 3 aromatic rings. The fourth-order valence-corrected chi connectivity index (χ4v) is 2.74. The van der Waals surface area contributed by atoms with Gasteiger partial charge in [-0.3, -0.25) is 0 Å². The molecule has 0 radical (unpaired) electrons. The Labute approximate surface area is 120 Å². The van der Waals surface area contributed by atoms with E-state index >= 15 is 0 Å². The van der Waals surface area contributed by atoms with E-state index in [2.05, 4.69) is 54.6 Å². The van der Waals surface area contributed by atoms with Crippen LogP contribution in [0.3, 0.4) is 0 Å². The van der Waals surface area contributed by atoms with Crippen molar-refractivity contribution >= 4 is 16.5 Å². The first-order valence-electron chi connectivity index (χ1n) is 7.14. The highest BCUT2D eigenvalue weighted by Crippen LogP contribution is 2.20. The molecule has 0 unspecified atom stereocenters. The third kappa shape index (κ3) is 2.83. The molecule has 3 rings (SSSR count). The van der Waals surface area contributed by atoms with Gasteiger partial charge in [0.15, 0.2) is 0 Å². The van der Waals surface area contributed by atoms with Crippen molar-refractivity contribution in [3.05, 3.63) is 77.9 Å². The summed E-state index contributed by atoms with van der Waals surface area (Å²) in [7, 11) is 0. The van der Waals surface area contributed by atoms with Gasteiger partial charge in [0.25, 0.3) is 0 Å². The maximum atomic E-state index is 5.82. The molecule has 2 N–H and O–H groups in total. The fraction of sp³-hybridized carbons (Fsp3) is 0.158. The number of nitrogens with two attached hydrogens (primary N) is 1. The van der Waals surface area contributed by atoms with Crippen LogP contribution in [0.4, 0.5) is 5.69 Å². The van der Waals surface area contributed by atoms with E-state index in [1.807, 2.05) is 12.1 Å². The summed E-state index contributed by atoms with van der Waals surface area (Å²) in [5, 5.41) is 2.71. The molecule has 3 aromatic carbocycles. The molecule has 0 spiro atoms. The Hall–Kier alpha value is -2.28. The number of fused-ring (bicyclic) bond motifs is 1. The zero-order chi connectivity index (χ0) is 13.8. The molecule has 0 aliphatic carbocycles. The van der Waals surface area contributed by atoms with Crippen molar-refractivity contribution in [1.29, 1.82) is 0 Å². The summed E-state index contributed by atoms with van der Waals surface area (Å²) in [6, 6.07) is 23.4. The lowest BCUT2D eigenvalue weighted by Gasteiger charge is -2.07. The quantitative estimate of drug-likeness (QED) is 0.683. The van der Waals surface area contributed by atoms with E-state index in [1.54, 1.807) is 0 Å². The Kier molecular flexibility index (Phi) is 3.69. The van der Waals surface area contributed by atoms with E-state index in [0.717, 1.165) is 24.9 Å². The van der Waals surface area contributed by atoms with Crippen molar-refractivity contribution in [2.24, 2.45) is 0 Å². The second kappa shape index (κ2) is 5.79. The standard InChI is InChI=1S/C19H19N/c20-18-12-4-7-15(14-18)6-3-9-17-11-5-10-16-8-1-2-13-19(16)17/h1-2,4-5,7-8,10-14H,3,6,9,20H2. The van der Waals surface area contributed by atoms with E-state index in [4.69, 9.17) is 5.73 Å². The van der Waals surface area contributed by atoms with Crippen LogP contribution in [0.25, 0.3) is 10.8 Å². The molecule has 1 heteroatoms. The predicted octanol–water partition coefficient (Wildman–Crippen LogP) is 4.60. The lowest BCUT2D eigenvalue weighted by atomic mass is 9.98. The van der Waals surface area contributed by atoms with Crippen LogP contribution in [0.2, 0.25) is 0 Å². The van der Waals surface area contributed by atoms with Gasteiger partial charge in [0.05, 0.1) is 0 Å². The normalized spacial score (nSPS) is 10.8. The summed E-state index contributed by atoms with van der Waals surface area (Å²) in [6.45, 7) is 0. The molecule has 0 aliphatic heterocycles. The Balaban J connectivity index is 1.71. The number of anilines is 1. The molecule has 0 aliphatic rings. The van der Waals surface area contributed by atoms with Crippen LogP contribution < -0.4 is 5.73 Å². The summed E-state index contributed by atoms with van der Waals surface area (Å²) < 4.78 is 0. The van der Waals surface area contributed by atoms with Gasteiger partial charge >= 0.3 is 0 Å². The lowest BCUT2D eigenvalue weighted by Crippen LogP contribution is -1.93. The zero-order valence-electron chi connectivity index (χ0n) is 11.5. The third-order valence-electron chi connectivity index (χ3n) is 3.74. The van der Waals surface area contributed by atoms with E-state index in [0.29, 0.717) is 0 Å². The minimum absolute atomic E-state index is 0.854. The summed E-state index contributed by atoms with van der Waals surface area (Å²) in [5.74, 6) is 0. The number of aryl methyl sites for hydroxylation is 2. The van der Waals surface area contributed by atoms with Gasteiger partial charge < -0.3 is 5.73 Å². The van der Waals surface area contributed by atoms with Gasteiger partial charge in [-0.15, -0.1) is 0 Å². The van der Waals surface area contributed by atoms with Gasteiger partial charge in [-0.2, -0.15) is 0 Å². The molecular formula is C19H19N. The minimum Gasteiger partial charge on any atom is -0.399 e. The van der Waals surface area contributed by atoms with E-state index in [1.165, 1.54) is 21.9 Å². The minimum atomic E-state index is 0.854. The molecule has 0 atom stereocenters. The van der Waals surface area contributed by atoms with Crippen LogP contribution in [-0.2, 0) is 12.8 Å². The van der Waals surface area contributed by atoms with Crippen LogP contribution in [0.1, 0.15) is 17.5 Å². The molecular weight excluding hydrogens is 242 g/mol. The number of hydrogen-bond donors (Lipinski definition) is 1. The number of hydrogen-bond acceptors (Lipinski definition) is 1. The molecule has 20 heavy (non-hydrogen) atoms.